The summed E-state index contributed by atoms with van der Waals surface area (Å²) in [6, 6.07) is 1.88. The fourth-order valence-electron chi connectivity index (χ4n) is 2.47. The van der Waals surface area contributed by atoms with Gasteiger partial charge in [-0.3, -0.25) is 4.99 Å². The van der Waals surface area contributed by atoms with Gasteiger partial charge in [0, 0.05) is 24.5 Å². The molecule has 1 aromatic rings. The van der Waals surface area contributed by atoms with Crippen molar-refractivity contribution in [2.75, 3.05) is 28.4 Å². The topological polar surface area (TPSA) is 49.3 Å². The molecule has 0 aliphatic carbocycles. The Hall–Kier alpha value is -1.50. The summed E-state index contributed by atoms with van der Waals surface area (Å²) in [5.41, 5.74) is 2.49. The van der Waals surface area contributed by atoms with E-state index in [-0.39, 0.29) is 0 Å². The van der Waals surface area contributed by atoms with E-state index in [0.717, 1.165) is 16.7 Å². The molecule has 5 nitrogen and oxygen atoms in total. The largest absolute Gasteiger partial charge is 0.493 e. The number of allylic oxidation sites excluding steroid dienone is 1. The summed E-state index contributed by atoms with van der Waals surface area (Å²) in [4.78, 5) is 4.32. The van der Waals surface area contributed by atoms with Crippen LogP contribution in [0, 0.1) is 6.92 Å². The molecule has 0 saturated carbocycles. The fourth-order valence-corrected chi connectivity index (χ4v) is 3.02. The van der Waals surface area contributed by atoms with Crippen LogP contribution in [-0.4, -0.2) is 40.9 Å². The zero-order valence-corrected chi connectivity index (χ0v) is 16.5. The van der Waals surface area contributed by atoms with Gasteiger partial charge in [0.2, 0.25) is 5.75 Å². The van der Waals surface area contributed by atoms with Crippen LogP contribution in [0.2, 0.25) is 0 Å². The van der Waals surface area contributed by atoms with Crippen LogP contribution in [0.1, 0.15) is 11.1 Å². The lowest BCUT2D eigenvalue weighted by Crippen LogP contribution is -2.16. The van der Waals surface area contributed by atoms with E-state index >= 15 is 0 Å². The molecule has 1 aliphatic heterocycles. The third-order valence-electron chi connectivity index (χ3n) is 3.65. The number of hydrogen-bond donors (Lipinski definition) is 0. The second-order valence-electron chi connectivity index (χ2n) is 5.00. The Morgan fingerprint density at radius 1 is 1.12 bits per heavy atom. The van der Waals surface area contributed by atoms with Gasteiger partial charge in [-0.2, -0.15) is 0 Å². The quantitative estimate of drug-likeness (QED) is 0.718. The molecule has 0 fully saturated rings. The van der Waals surface area contributed by atoms with Gasteiger partial charge in [-0.25, -0.2) is 0 Å². The van der Waals surface area contributed by atoms with Crippen molar-refractivity contribution < 1.29 is 18.9 Å². The van der Waals surface area contributed by atoms with Gasteiger partial charge < -0.3 is 18.9 Å². The van der Waals surface area contributed by atoms with Crippen molar-refractivity contribution in [1.82, 2.24) is 0 Å². The van der Waals surface area contributed by atoms with E-state index in [2.05, 4.69) is 20.9 Å². The van der Waals surface area contributed by atoms with E-state index < -0.39 is 6.23 Å². The minimum Gasteiger partial charge on any atom is -0.493 e. The molecule has 0 radical (unpaired) electrons. The molecule has 1 heterocycles. The van der Waals surface area contributed by atoms with Crippen molar-refractivity contribution in [3.63, 3.8) is 0 Å². The van der Waals surface area contributed by atoms with Crippen LogP contribution in [0.15, 0.2) is 26.1 Å². The number of halogens is 2. The van der Waals surface area contributed by atoms with Crippen molar-refractivity contribution in [3.05, 3.63) is 32.3 Å². The second kappa shape index (κ2) is 8.05. The zero-order chi connectivity index (χ0) is 17.9. The molecule has 0 spiro atoms. The Balaban J connectivity index is 2.70. The van der Waals surface area contributed by atoms with Gasteiger partial charge in [-0.15, -0.1) is 0 Å². The lowest BCUT2D eigenvalue weighted by molar-refractivity contribution is 0.142. The predicted octanol–water partition coefficient (Wildman–Crippen LogP) is 4.31. The van der Waals surface area contributed by atoms with E-state index in [1.54, 1.807) is 34.7 Å². The zero-order valence-electron chi connectivity index (χ0n) is 14.1. The third kappa shape index (κ3) is 3.45. The van der Waals surface area contributed by atoms with Crippen molar-refractivity contribution in [3.8, 4) is 17.2 Å². The van der Waals surface area contributed by atoms with E-state index in [9.17, 15) is 0 Å². The molecule has 1 unspecified atom stereocenters. The van der Waals surface area contributed by atoms with Crippen LogP contribution in [0.5, 0.6) is 17.2 Å². The summed E-state index contributed by atoms with van der Waals surface area (Å²) >= 11 is 9.83. The average Bonchev–Trinajstić information content (AvgIpc) is 2.59. The van der Waals surface area contributed by atoms with Gasteiger partial charge in [0.05, 0.1) is 30.8 Å². The molecule has 1 aliphatic rings. The number of rotatable bonds is 5. The number of aryl methyl sites for hydroxylation is 1. The molecular weight excluding hydrogens is 398 g/mol. The fraction of sp³-hybridized carbons (Fsp3) is 0.353. The van der Waals surface area contributed by atoms with E-state index in [1.165, 1.54) is 0 Å². The normalized spacial score (nSPS) is 19.0. The smallest absolute Gasteiger partial charge is 0.203 e. The van der Waals surface area contributed by atoms with Crippen molar-refractivity contribution >= 4 is 39.8 Å². The SMILES string of the molecule is COc1cc(C)c(C=C2C(Cl)=C(Br)C=NC2OC)c(OC)c1OC. The molecule has 0 amide bonds. The maximum atomic E-state index is 6.43. The highest BCUT2D eigenvalue weighted by atomic mass is 79.9. The highest BCUT2D eigenvalue weighted by molar-refractivity contribution is 9.12. The second-order valence-corrected chi connectivity index (χ2v) is 6.24. The number of aliphatic imine (C=N–C) groups is 1. The Morgan fingerprint density at radius 3 is 2.33 bits per heavy atom. The lowest BCUT2D eigenvalue weighted by Gasteiger charge is -2.21. The molecular formula is C17H19BrClNO4. The molecule has 2 rings (SSSR count). The van der Waals surface area contributed by atoms with Crippen LogP contribution >= 0.6 is 27.5 Å². The first-order chi connectivity index (χ1) is 11.5. The molecule has 130 valence electrons. The first kappa shape index (κ1) is 18.8. The maximum absolute atomic E-state index is 6.43. The monoisotopic (exact) mass is 415 g/mol. The molecule has 1 aromatic carbocycles. The number of dihydropyridines is 1. The maximum Gasteiger partial charge on any atom is 0.203 e. The Labute approximate surface area is 155 Å². The number of methoxy groups -OCH3 is 4. The molecule has 0 N–H and O–H groups in total. The number of benzene rings is 1. The minimum absolute atomic E-state index is 0.490. The highest BCUT2D eigenvalue weighted by Crippen LogP contribution is 2.44. The molecule has 0 bridgehead atoms. The van der Waals surface area contributed by atoms with E-state index in [1.807, 2.05) is 19.1 Å². The Bertz CT molecular complexity index is 728. The third-order valence-corrected chi connectivity index (χ3v) is 4.90. The summed E-state index contributed by atoms with van der Waals surface area (Å²) < 4.78 is 22.5. The van der Waals surface area contributed by atoms with Gasteiger partial charge in [0.1, 0.15) is 0 Å². The van der Waals surface area contributed by atoms with Crippen molar-refractivity contribution in [1.29, 1.82) is 0 Å². The van der Waals surface area contributed by atoms with E-state index in [4.69, 9.17) is 30.5 Å². The van der Waals surface area contributed by atoms with Gasteiger partial charge in [0.25, 0.3) is 0 Å². The van der Waals surface area contributed by atoms with Gasteiger partial charge in [-0.1, -0.05) is 11.6 Å². The van der Waals surface area contributed by atoms with Crippen LogP contribution < -0.4 is 14.2 Å². The minimum atomic E-state index is -0.490. The van der Waals surface area contributed by atoms with Gasteiger partial charge in [-0.05, 0) is 40.6 Å². The summed E-state index contributed by atoms with van der Waals surface area (Å²) in [5.74, 6) is 1.68. The Kier molecular flexibility index (Phi) is 6.32. The number of hydrogen-bond acceptors (Lipinski definition) is 5. The van der Waals surface area contributed by atoms with Crippen LogP contribution in [0.3, 0.4) is 0 Å². The highest BCUT2D eigenvalue weighted by Gasteiger charge is 2.24. The first-order valence-corrected chi connectivity index (χ1v) is 8.28. The van der Waals surface area contributed by atoms with Gasteiger partial charge >= 0.3 is 0 Å². The Morgan fingerprint density at radius 2 is 1.79 bits per heavy atom. The molecule has 7 heteroatoms. The molecule has 24 heavy (non-hydrogen) atoms. The van der Waals surface area contributed by atoms with Crippen LogP contribution in [-0.2, 0) is 4.74 Å². The van der Waals surface area contributed by atoms with Crippen molar-refractivity contribution in [2.45, 2.75) is 13.2 Å². The van der Waals surface area contributed by atoms with Gasteiger partial charge in [0.15, 0.2) is 17.7 Å². The molecule has 0 aromatic heterocycles. The summed E-state index contributed by atoms with van der Waals surface area (Å²) in [6.07, 6.45) is 3.03. The number of nitrogens with zero attached hydrogens (tertiary/aromatic N) is 1. The molecule has 0 saturated heterocycles. The van der Waals surface area contributed by atoms with E-state index in [0.29, 0.717) is 26.8 Å². The number of ether oxygens (including phenoxy) is 4. The molecule has 1 atom stereocenters. The summed E-state index contributed by atoms with van der Waals surface area (Å²) in [5, 5.41) is 0.535. The summed E-state index contributed by atoms with van der Waals surface area (Å²) in [6.45, 7) is 1.96. The summed E-state index contributed by atoms with van der Waals surface area (Å²) in [7, 11) is 6.32. The first-order valence-electron chi connectivity index (χ1n) is 7.11. The standard InChI is InChI=1S/C17H19BrClNO4/c1-9-6-13(21-2)16(23-4)15(22-3)10(9)7-11-14(19)12(18)8-20-17(11)24-5/h6-8,17H,1-5H3. The van der Waals surface area contributed by atoms with Crippen LogP contribution in [0.4, 0.5) is 0 Å². The predicted molar refractivity (Wildman–Crippen MR) is 99.9 cm³/mol. The lowest BCUT2D eigenvalue weighted by atomic mass is 10.0. The average molecular weight is 417 g/mol. The van der Waals surface area contributed by atoms with Crippen molar-refractivity contribution in [2.24, 2.45) is 4.99 Å². The van der Waals surface area contributed by atoms with Crippen LogP contribution in [0.25, 0.3) is 6.08 Å².